The van der Waals surface area contributed by atoms with E-state index in [0.29, 0.717) is 35.8 Å². The third kappa shape index (κ3) is 4.88. The molecular formula is C21H20O7. The van der Waals surface area contributed by atoms with E-state index in [-0.39, 0.29) is 25.2 Å². The van der Waals surface area contributed by atoms with Gasteiger partial charge in [-0.1, -0.05) is 12.1 Å². The number of carbonyl (C=O) groups excluding carboxylic acids is 3. The van der Waals surface area contributed by atoms with E-state index in [1.54, 1.807) is 42.5 Å². The van der Waals surface area contributed by atoms with Crippen molar-refractivity contribution in [2.24, 2.45) is 0 Å². The van der Waals surface area contributed by atoms with Crippen molar-refractivity contribution < 1.29 is 33.3 Å². The molecule has 0 fully saturated rings. The number of carbonyl (C=O) groups is 3. The summed E-state index contributed by atoms with van der Waals surface area (Å²) in [6.45, 7) is 0.994. The zero-order valence-electron chi connectivity index (χ0n) is 15.4. The number of benzene rings is 2. The molecule has 0 bridgehead atoms. The van der Waals surface area contributed by atoms with Gasteiger partial charge in [-0.05, 0) is 35.9 Å². The van der Waals surface area contributed by atoms with Crippen LogP contribution in [0.15, 0.2) is 42.5 Å². The number of ether oxygens (including phenoxy) is 4. The number of hydrogen-bond donors (Lipinski definition) is 0. The minimum absolute atomic E-state index is 0.0203. The lowest BCUT2D eigenvalue weighted by Crippen LogP contribution is -2.16. The van der Waals surface area contributed by atoms with E-state index < -0.39 is 11.9 Å². The molecule has 146 valence electrons. The Morgan fingerprint density at radius 1 is 0.893 bits per heavy atom. The summed E-state index contributed by atoms with van der Waals surface area (Å²) in [5.74, 6) is 0.0796. The van der Waals surface area contributed by atoms with Gasteiger partial charge in [0, 0.05) is 12.0 Å². The van der Waals surface area contributed by atoms with Crippen LogP contribution in [0.5, 0.6) is 11.5 Å². The highest BCUT2D eigenvalue weighted by atomic mass is 16.6. The van der Waals surface area contributed by atoms with Gasteiger partial charge in [-0.15, -0.1) is 0 Å². The Bertz CT molecular complexity index is 871. The van der Waals surface area contributed by atoms with Crippen LogP contribution >= 0.6 is 0 Å². The van der Waals surface area contributed by atoms with Gasteiger partial charge in [-0.25, -0.2) is 4.79 Å². The first kappa shape index (κ1) is 19.4. The second-order valence-corrected chi connectivity index (χ2v) is 6.13. The van der Waals surface area contributed by atoms with Crippen LogP contribution in [0.2, 0.25) is 0 Å². The van der Waals surface area contributed by atoms with Crippen LogP contribution in [0.1, 0.15) is 39.1 Å². The molecule has 28 heavy (non-hydrogen) atoms. The minimum Gasteiger partial charge on any atom is -0.486 e. The van der Waals surface area contributed by atoms with E-state index in [2.05, 4.69) is 4.74 Å². The van der Waals surface area contributed by atoms with Gasteiger partial charge in [0.25, 0.3) is 0 Å². The summed E-state index contributed by atoms with van der Waals surface area (Å²) in [5.41, 5.74) is 1.62. The summed E-state index contributed by atoms with van der Waals surface area (Å²) in [4.78, 5) is 35.6. The van der Waals surface area contributed by atoms with E-state index in [4.69, 9.17) is 14.2 Å². The molecule has 7 nitrogen and oxygen atoms in total. The first-order chi connectivity index (χ1) is 13.6. The lowest BCUT2D eigenvalue weighted by Gasteiger charge is -2.18. The molecule has 0 saturated carbocycles. The fourth-order valence-electron chi connectivity index (χ4n) is 2.67. The van der Waals surface area contributed by atoms with Crippen molar-refractivity contribution >= 4 is 17.7 Å². The number of fused-ring (bicyclic) bond motifs is 1. The van der Waals surface area contributed by atoms with Crippen molar-refractivity contribution in [1.82, 2.24) is 0 Å². The largest absolute Gasteiger partial charge is 0.486 e. The molecule has 0 unspecified atom stereocenters. The van der Waals surface area contributed by atoms with Gasteiger partial charge < -0.3 is 18.9 Å². The fourth-order valence-corrected chi connectivity index (χ4v) is 2.67. The molecule has 1 aliphatic rings. The molecular weight excluding hydrogens is 364 g/mol. The van der Waals surface area contributed by atoms with Crippen molar-refractivity contribution in [1.29, 1.82) is 0 Å². The van der Waals surface area contributed by atoms with Crippen LogP contribution in [0.3, 0.4) is 0 Å². The fraction of sp³-hybridized carbons (Fsp3) is 0.286. The summed E-state index contributed by atoms with van der Waals surface area (Å²) in [6.07, 6.45) is 0.0211. The van der Waals surface area contributed by atoms with Crippen LogP contribution in [0.25, 0.3) is 0 Å². The maximum absolute atomic E-state index is 12.3. The van der Waals surface area contributed by atoms with Gasteiger partial charge in [0.1, 0.15) is 19.8 Å². The average molecular weight is 384 g/mol. The van der Waals surface area contributed by atoms with E-state index in [0.717, 1.165) is 5.56 Å². The third-order valence-electron chi connectivity index (χ3n) is 4.20. The molecule has 1 heterocycles. The number of hydrogen-bond acceptors (Lipinski definition) is 7. The van der Waals surface area contributed by atoms with Crippen molar-refractivity contribution in [2.75, 3.05) is 20.3 Å². The molecule has 0 radical (unpaired) electrons. The Balaban J connectivity index is 1.46. The van der Waals surface area contributed by atoms with Crippen LogP contribution in [0.4, 0.5) is 0 Å². The second kappa shape index (κ2) is 9.03. The van der Waals surface area contributed by atoms with E-state index in [1.807, 2.05) is 0 Å². The lowest BCUT2D eigenvalue weighted by molar-refractivity contribution is -0.144. The Kier molecular flexibility index (Phi) is 6.26. The zero-order valence-corrected chi connectivity index (χ0v) is 15.4. The van der Waals surface area contributed by atoms with Crippen LogP contribution in [0, 0.1) is 0 Å². The van der Waals surface area contributed by atoms with Crippen LogP contribution < -0.4 is 9.47 Å². The molecule has 0 amide bonds. The summed E-state index contributed by atoms with van der Waals surface area (Å²) in [7, 11) is 1.31. The first-order valence-electron chi connectivity index (χ1n) is 8.82. The summed E-state index contributed by atoms with van der Waals surface area (Å²) >= 11 is 0. The average Bonchev–Trinajstić information content (AvgIpc) is 2.75. The topological polar surface area (TPSA) is 88.1 Å². The van der Waals surface area contributed by atoms with Gasteiger partial charge in [-0.3, -0.25) is 9.59 Å². The van der Waals surface area contributed by atoms with Crippen LogP contribution in [-0.4, -0.2) is 38.0 Å². The predicted molar refractivity (Wildman–Crippen MR) is 98.6 cm³/mol. The third-order valence-corrected chi connectivity index (χ3v) is 4.20. The molecule has 0 aromatic heterocycles. The monoisotopic (exact) mass is 384 g/mol. The SMILES string of the molecule is COC(=O)c1ccc(COC(=O)CCC(=O)c2ccc3c(c2)OCCO3)cc1. The molecule has 1 aliphatic heterocycles. The quantitative estimate of drug-likeness (QED) is 0.536. The van der Waals surface area contributed by atoms with E-state index in [1.165, 1.54) is 7.11 Å². The molecule has 7 heteroatoms. The molecule has 0 atom stereocenters. The number of rotatable bonds is 7. The highest BCUT2D eigenvalue weighted by Crippen LogP contribution is 2.31. The number of Topliss-reactive ketones (excluding diaryl/α,β-unsaturated/α-hetero) is 1. The molecule has 0 N–H and O–H groups in total. The standard InChI is InChI=1S/C21H20O7/c1-25-21(24)15-4-2-14(3-5-15)13-28-20(23)9-7-17(22)16-6-8-18-19(12-16)27-11-10-26-18/h2-6,8,12H,7,9-11,13H2,1H3. The van der Waals surface area contributed by atoms with Gasteiger partial charge in [0.15, 0.2) is 17.3 Å². The maximum atomic E-state index is 12.3. The second-order valence-electron chi connectivity index (χ2n) is 6.13. The van der Waals surface area contributed by atoms with Crippen molar-refractivity contribution in [3.63, 3.8) is 0 Å². The Hall–Kier alpha value is -3.35. The molecule has 0 saturated heterocycles. The minimum atomic E-state index is -0.470. The molecule has 0 aliphatic carbocycles. The Morgan fingerprint density at radius 3 is 2.29 bits per heavy atom. The molecule has 3 rings (SSSR count). The van der Waals surface area contributed by atoms with Gasteiger partial charge >= 0.3 is 11.9 Å². The summed E-state index contributed by atoms with van der Waals surface area (Å²) in [6, 6.07) is 11.5. The number of ketones is 1. The van der Waals surface area contributed by atoms with Gasteiger partial charge in [0.05, 0.1) is 19.1 Å². The smallest absolute Gasteiger partial charge is 0.337 e. The zero-order chi connectivity index (χ0) is 19.9. The Morgan fingerprint density at radius 2 is 1.57 bits per heavy atom. The van der Waals surface area contributed by atoms with Crippen molar-refractivity contribution in [2.45, 2.75) is 19.4 Å². The highest BCUT2D eigenvalue weighted by molar-refractivity contribution is 5.98. The summed E-state index contributed by atoms with van der Waals surface area (Å²) < 4.78 is 20.7. The van der Waals surface area contributed by atoms with E-state index in [9.17, 15) is 14.4 Å². The number of esters is 2. The first-order valence-corrected chi connectivity index (χ1v) is 8.82. The highest BCUT2D eigenvalue weighted by Gasteiger charge is 2.16. The van der Waals surface area contributed by atoms with Crippen LogP contribution in [-0.2, 0) is 20.9 Å². The maximum Gasteiger partial charge on any atom is 0.337 e. The molecule has 2 aromatic carbocycles. The van der Waals surface area contributed by atoms with Crippen molar-refractivity contribution in [3.05, 3.63) is 59.2 Å². The van der Waals surface area contributed by atoms with Gasteiger partial charge in [-0.2, -0.15) is 0 Å². The summed E-state index contributed by atoms with van der Waals surface area (Å²) in [5, 5.41) is 0. The van der Waals surface area contributed by atoms with Crippen molar-refractivity contribution in [3.8, 4) is 11.5 Å². The van der Waals surface area contributed by atoms with E-state index >= 15 is 0 Å². The molecule has 2 aromatic rings. The normalized spacial score (nSPS) is 12.2. The Labute approximate surface area is 162 Å². The molecule has 0 spiro atoms. The van der Waals surface area contributed by atoms with Gasteiger partial charge in [0.2, 0.25) is 0 Å². The predicted octanol–water partition coefficient (Wildman–Crippen LogP) is 2.95. The number of methoxy groups -OCH3 is 1. The lowest BCUT2D eigenvalue weighted by atomic mass is 10.1.